The zero-order chi connectivity index (χ0) is 13.5. The van der Waals surface area contributed by atoms with Crippen LogP contribution in [-0.2, 0) is 19.7 Å². The van der Waals surface area contributed by atoms with Crippen molar-refractivity contribution in [1.29, 1.82) is 0 Å². The Hall–Kier alpha value is -1.39. The molecule has 1 amide bonds. The van der Waals surface area contributed by atoms with Crippen molar-refractivity contribution in [2.45, 2.75) is 24.9 Å². The molecular formula is C15H19NO3. The van der Waals surface area contributed by atoms with Crippen LogP contribution in [0, 0.1) is 0 Å². The summed E-state index contributed by atoms with van der Waals surface area (Å²) in [7, 11) is 1.84. The van der Waals surface area contributed by atoms with Gasteiger partial charge in [-0.15, -0.1) is 0 Å². The summed E-state index contributed by atoms with van der Waals surface area (Å²) < 4.78 is 11.1. The molecule has 1 fully saturated rings. The Balaban J connectivity index is 1.91. The highest BCUT2D eigenvalue weighted by atomic mass is 16.6. The van der Waals surface area contributed by atoms with Crippen LogP contribution in [0.5, 0.6) is 0 Å². The molecule has 1 aromatic carbocycles. The standard InChI is InChI=1S/C15H19NO3/c1-15(9-11-10-18-7-8-19-11)12-5-3-4-6-13(12)16(2)14(15)17/h3-6,11H,7-10H2,1-2H3. The highest BCUT2D eigenvalue weighted by molar-refractivity contribution is 6.07. The molecule has 102 valence electrons. The lowest BCUT2D eigenvalue weighted by Gasteiger charge is -2.30. The Morgan fingerprint density at radius 3 is 2.89 bits per heavy atom. The number of benzene rings is 1. The number of rotatable bonds is 2. The average Bonchev–Trinajstić information content (AvgIpc) is 2.63. The van der Waals surface area contributed by atoms with Gasteiger partial charge in [0.15, 0.2) is 0 Å². The van der Waals surface area contributed by atoms with E-state index in [0.717, 1.165) is 11.3 Å². The van der Waals surface area contributed by atoms with Crippen molar-refractivity contribution in [2.24, 2.45) is 0 Å². The molecule has 0 aromatic heterocycles. The number of ether oxygens (including phenoxy) is 2. The van der Waals surface area contributed by atoms with E-state index in [-0.39, 0.29) is 12.0 Å². The topological polar surface area (TPSA) is 38.8 Å². The van der Waals surface area contributed by atoms with Gasteiger partial charge < -0.3 is 14.4 Å². The lowest BCUT2D eigenvalue weighted by atomic mass is 9.79. The highest BCUT2D eigenvalue weighted by Gasteiger charge is 2.47. The number of hydrogen-bond donors (Lipinski definition) is 0. The van der Waals surface area contributed by atoms with Crippen LogP contribution in [0.3, 0.4) is 0 Å². The Morgan fingerprint density at radius 2 is 2.16 bits per heavy atom. The number of para-hydroxylation sites is 1. The molecule has 0 bridgehead atoms. The van der Waals surface area contributed by atoms with Crippen molar-refractivity contribution in [2.75, 3.05) is 31.8 Å². The third-order valence-corrected chi connectivity index (χ3v) is 4.16. The Kier molecular flexibility index (Phi) is 3.07. The van der Waals surface area contributed by atoms with Gasteiger partial charge in [-0.1, -0.05) is 18.2 Å². The summed E-state index contributed by atoms with van der Waals surface area (Å²) in [5, 5.41) is 0. The van der Waals surface area contributed by atoms with Gasteiger partial charge in [0.1, 0.15) is 0 Å². The van der Waals surface area contributed by atoms with E-state index in [1.807, 2.05) is 38.2 Å². The van der Waals surface area contributed by atoms with E-state index < -0.39 is 5.41 Å². The minimum Gasteiger partial charge on any atom is -0.376 e. The van der Waals surface area contributed by atoms with E-state index in [0.29, 0.717) is 26.2 Å². The van der Waals surface area contributed by atoms with E-state index in [1.165, 1.54) is 0 Å². The van der Waals surface area contributed by atoms with Gasteiger partial charge in [0.2, 0.25) is 5.91 Å². The number of carbonyl (C=O) groups is 1. The smallest absolute Gasteiger partial charge is 0.237 e. The SMILES string of the molecule is CN1C(=O)C(C)(CC2COCCO2)c2ccccc21. The van der Waals surface area contributed by atoms with Gasteiger partial charge in [-0.2, -0.15) is 0 Å². The van der Waals surface area contributed by atoms with Crippen molar-refractivity contribution in [3.8, 4) is 0 Å². The molecule has 0 spiro atoms. The number of amides is 1. The monoisotopic (exact) mass is 261 g/mol. The molecule has 2 aliphatic rings. The zero-order valence-electron chi connectivity index (χ0n) is 11.4. The van der Waals surface area contributed by atoms with Crippen molar-refractivity contribution < 1.29 is 14.3 Å². The average molecular weight is 261 g/mol. The lowest BCUT2D eigenvalue weighted by Crippen LogP contribution is -2.42. The van der Waals surface area contributed by atoms with Crippen LogP contribution in [0.1, 0.15) is 18.9 Å². The predicted molar refractivity (Wildman–Crippen MR) is 72.4 cm³/mol. The number of carbonyl (C=O) groups excluding carboxylic acids is 1. The first-order chi connectivity index (χ1) is 9.13. The first kappa shape index (κ1) is 12.6. The van der Waals surface area contributed by atoms with Crippen molar-refractivity contribution in [3.63, 3.8) is 0 Å². The number of hydrogen-bond acceptors (Lipinski definition) is 3. The summed E-state index contributed by atoms with van der Waals surface area (Å²) in [5.74, 6) is 0.142. The van der Waals surface area contributed by atoms with Gasteiger partial charge in [-0.05, 0) is 25.0 Å². The van der Waals surface area contributed by atoms with Gasteiger partial charge in [0, 0.05) is 12.7 Å². The summed E-state index contributed by atoms with van der Waals surface area (Å²) in [4.78, 5) is 14.3. The Morgan fingerprint density at radius 1 is 1.37 bits per heavy atom. The van der Waals surface area contributed by atoms with Crippen molar-refractivity contribution in [3.05, 3.63) is 29.8 Å². The Bertz CT molecular complexity index is 496. The first-order valence-electron chi connectivity index (χ1n) is 6.70. The summed E-state index contributed by atoms with van der Waals surface area (Å²) in [6.07, 6.45) is 0.676. The fraction of sp³-hybridized carbons (Fsp3) is 0.533. The highest BCUT2D eigenvalue weighted by Crippen LogP contribution is 2.44. The summed E-state index contributed by atoms with van der Waals surface area (Å²) in [5.41, 5.74) is 1.60. The van der Waals surface area contributed by atoms with Crippen LogP contribution >= 0.6 is 0 Å². The molecule has 0 radical (unpaired) electrons. The summed E-state index contributed by atoms with van der Waals surface area (Å²) in [6.45, 7) is 3.86. The second-order valence-corrected chi connectivity index (χ2v) is 5.49. The number of anilines is 1. The second kappa shape index (κ2) is 4.62. The number of nitrogens with zero attached hydrogens (tertiary/aromatic N) is 1. The van der Waals surface area contributed by atoms with Gasteiger partial charge >= 0.3 is 0 Å². The molecular weight excluding hydrogens is 242 g/mol. The van der Waals surface area contributed by atoms with Gasteiger partial charge in [0.25, 0.3) is 0 Å². The molecule has 2 atom stereocenters. The zero-order valence-corrected chi connectivity index (χ0v) is 11.4. The Labute approximate surface area is 113 Å². The quantitative estimate of drug-likeness (QED) is 0.813. The maximum atomic E-state index is 12.6. The van der Waals surface area contributed by atoms with Crippen LogP contribution in [0.25, 0.3) is 0 Å². The largest absolute Gasteiger partial charge is 0.376 e. The van der Waals surface area contributed by atoms with Crippen LogP contribution in [-0.4, -0.2) is 38.9 Å². The molecule has 1 saturated heterocycles. The third kappa shape index (κ3) is 1.95. The van der Waals surface area contributed by atoms with E-state index in [9.17, 15) is 4.79 Å². The minimum atomic E-state index is -0.503. The molecule has 2 aliphatic heterocycles. The number of likely N-dealkylation sites (N-methyl/N-ethyl adjacent to an activating group) is 1. The molecule has 3 rings (SSSR count). The minimum absolute atomic E-state index is 0.00209. The molecule has 2 heterocycles. The third-order valence-electron chi connectivity index (χ3n) is 4.16. The lowest BCUT2D eigenvalue weighted by molar-refractivity contribution is -0.128. The molecule has 0 N–H and O–H groups in total. The predicted octanol–water partition coefficient (Wildman–Crippen LogP) is 1.73. The maximum absolute atomic E-state index is 12.6. The van der Waals surface area contributed by atoms with Crippen LogP contribution in [0.4, 0.5) is 5.69 Å². The van der Waals surface area contributed by atoms with Crippen molar-refractivity contribution in [1.82, 2.24) is 0 Å². The van der Waals surface area contributed by atoms with Crippen LogP contribution in [0.15, 0.2) is 24.3 Å². The van der Waals surface area contributed by atoms with E-state index >= 15 is 0 Å². The number of fused-ring (bicyclic) bond motifs is 1. The first-order valence-corrected chi connectivity index (χ1v) is 6.70. The summed E-state index contributed by atoms with van der Waals surface area (Å²) in [6, 6.07) is 7.99. The van der Waals surface area contributed by atoms with Gasteiger partial charge in [-0.3, -0.25) is 4.79 Å². The van der Waals surface area contributed by atoms with E-state index in [4.69, 9.17) is 9.47 Å². The van der Waals surface area contributed by atoms with Gasteiger partial charge in [0.05, 0.1) is 31.3 Å². The fourth-order valence-electron chi connectivity index (χ4n) is 3.13. The molecule has 2 unspecified atom stereocenters. The molecule has 4 heteroatoms. The maximum Gasteiger partial charge on any atom is 0.237 e. The molecule has 0 aliphatic carbocycles. The van der Waals surface area contributed by atoms with Crippen LogP contribution < -0.4 is 4.90 Å². The van der Waals surface area contributed by atoms with Crippen LogP contribution in [0.2, 0.25) is 0 Å². The normalized spacial score (nSPS) is 30.5. The fourth-order valence-corrected chi connectivity index (χ4v) is 3.13. The molecule has 19 heavy (non-hydrogen) atoms. The summed E-state index contributed by atoms with van der Waals surface area (Å²) >= 11 is 0. The van der Waals surface area contributed by atoms with Crippen molar-refractivity contribution >= 4 is 11.6 Å². The van der Waals surface area contributed by atoms with Gasteiger partial charge in [-0.25, -0.2) is 0 Å². The molecule has 0 saturated carbocycles. The second-order valence-electron chi connectivity index (χ2n) is 5.49. The molecule has 4 nitrogen and oxygen atoms in total. The van der Waals surface area contributed by atoms with E-state index in [2.05, 4.69) is 0 Å². The van der Waals surface area contributed by atoms with E-state index in [1.54, 1.807) is 4.90 Å². The molecule has 1 aromatic rings.